The molecule has 7 atom stereocenters. The van der Waals surface area contributed by atoms with Gasteiger partial charge in [0.15, 0.2) is 0 Å². The minimum Gasteiger partial charge on any atom is -0.299 e. The fourth-order valence-electron chi connectivity index (χ4n) is 7.04. The molecule has 0 aromatic rings. The van der Waals surface area contributed by atoms with E-state index in [0.717, 1.165) is 38.5 Å². The van der Waals surface area contributed by atoms with E-state index < -0.39 is 6.17 Å². The van der Waals surface area contributed by atoms with E-state index in [4.69, 9.17) is 0 Å². The van der Waals surface area contributed by atoms with E-state index >= 15 is 0 Å². The van der Waals surface area contributed by atoms with Gasteiger partial charge in [0.25, 0.3) is 0 Å². The average molecular weight is 292 g/mol. The Morgan fingerprint density at radius 2 is 1.81 bits per heavy atom. The second-order valence-corrected chi connectivity index (χ2v) is 8.83. The summed E-state index contributed by atoms with van der Waals surface area (Å²) in [5, 5.41) is 0. The Kier molecular flexibility index (Phi) is 3.08. The van der Waals surface area contributed by atoms with Crippen molar-refractivity contribution < 1.29 is 9.18 Å². The van der Waals surface area contributed by atoms with Crippen molar-refractivity contribution in [1.29, 1.82) is 0 Å². The fourth-order valence-corrected chi connectivity index (χ4v) is 7.04. The molecule has 4 aliphatic carbocycles. The zero-order valence-electron chi connectivity index (χ0n) is 13.5. The summed E-state index contributed by atoms with van der Waals surface area (Å²) in [6.45, 7) is 4.48. The maximum absolute atomic E-state index is 14.9. The van der Waals surface area contributed by atoms with Gasteiger partial charge in [-0.1, -0.05) is 20.3 Å². The lowest BCUT2D eigenvalue weighted by molar-refractivity contribution is -0.149. The molecule has 0 heterocycles. The first-order valence-corrected chi connectivity index (χ1v) is 9.15. The van der Waals surface area contributed by atoms with Crippen LogP contribution in [0, 0.1) is 34.5 Å². The van der Waals surface area contributed by atoms with Crippen LogP contribution in [-0.2, 0) is 4.79 Å². The van der Waals surface area contributed by atoms with Gasteiger partial charge in [-0.25, -0.2) is 4.39 Å². The van der Waals surface area contributed by atoms with Crippen LogP contribution in [0.25, 0.3) is 0 Å². The van der Waals surface area contributed by atoms with Crippen LogP contribution >= 0.6 is 0 Å². The van der Waals surface area contributed by atoms with Crippen molar-refractivity contribution in [2.75, 3.05) is 0 Å². The van der Waals surface area contributed by atoms with Crippen molar-refractivity contribution in [2.45, 2.75) is 77.8 Å². The topological polar surface area (TPSA) is 17.1 Å². The minimum absolute atomic E-state index is 0.0646. The van der Waals surface area contributed by atoms with Crippen molar-refractivity contribution in [3.05, 3.63) is 0 Å². The van der Waals surface area contributed by atoms with Crippen LogP contribution in [0.3, 0.4) is 0 Å². The molecule has 1 unspecified atom stereocenters. The van der Waals surface area contributed by atoms with Gasteiger partial charge in [0.05, 0.1) is 0 Å². The summed E-state index contributed by atoms with van der Waals surface area (Å²) in [6, 6.07) is 0. The molecule has 118 valence electrons. The SMILES string of the molecule is C[C@]12C(F)CCC[C@@H]1CC[C@@H]1[C@@H]2CC[C@]2(C)C(=O)CC[C@@H]12. The Labute approximate surface area is 128 Å². The van der Waals surface area contributed by atoms with Gasteiger partial charge in [-0.2, -0.15) is 0 Å². The first-order chi connectivity index (χ1) is 9.98. The van der Waals surface area contributed by atoms with Gasteiger partial charge in [-0.3, -0.25) is 4.79 Å². The fraction of sp³-hybridized carbons (Fsp3) is 0.947. The predicted octanol–water partition coefficient (Wildman–Crippen LogP) is 4.94. The van der Waals surface area contributed by atoms with Crippen molar-refractivity contribution in [1.82, 2.24) is 0 Å². The molecule has 0 aromatic heterocycles. The molecule has 0 amide bonds. The summed E-state index contributed by atoms with van der Waals surface area (Å²) in [5.41, 5.74) is -0.154. The van der Waals surface area contributed by atoms with Crippen molar-refractivity contribution in [3.8, 4) is 0 Å². The van der Waals surface area contributed by atoms with E-state index in [1.54, 1.807) is 0 Å². The van der Waals surface area contributed by atoms with Crippen LogP contribution in [0.4, 0.5) is 4.39 Å². The molecule has 0 bridgehead atoms. The van der Waals surface area contributed by atoms with Crippen molar-refractivity contribution in [3.63, 3.8) is 0 Å². The number of carbonyl (C=O) groups excluding carboxylic acids is 1. The lowest BCUT2D eigenvalue weighted by atomic mass is 9.45. The molecule has 2 heteroatoms. The standard InChI is InChI=1S/C19H29FO/c1-18-11-10-15-13(14(18)8-9-17(18)21)7-6-12-4-3-5-16(20)19(12,15)2/h12-16H,3-11H2,1-2H3/t12-,13+,14+,15+,16?,18+,19+/m1/s1. The smallest absolute Gasteiger partial charge is 0.139 e. The molecule has 4 rings (SSSR count). The number of Topliss-reactive ketones (excluding diaryl/α,β-unsaturated/α-hetero) is 1. The molecule has 1 nitrogen and oxygen atoms in total. The molecule has 0 radical (unpaired) electrons. The summed E-state index contributed by atoms with van der Waals surface area (Å²) in [4.78, 5) is 12.4. The summed E-state index contributed by atoms with van der Waals surface area (Å²) < 4.78 is 14.9. The first-order valence-electron chi connectivity index (χ1n) is 9.15. The molecular weight excluding hydrogens is 263 g/mol. The average Bonchev–Trinajstić information content (AvgIpc) is 2.76. The van der Waals surface area contributed by atoms with E-state index in [1.807, 2.05) is 0 Å². The highest BCUT2D eigenvalue weighted by Crippen LogP contribution is 2.65. The van der Waals surface area contributed by atoms with E-state index in [2.05, 4.69) is 13.8 Å². The number of alkyl halides is 1. The molecule has 4 aliphatic rings. The van der Waals surface area contributed by atoms with E-state index in [1.165, 1.54) is 19.3 Å². The number of rotatable bonds is 0. The van der Waals surface area contributed by atoms with Gasteiger partial charge >= 0.3 is 0 Å². The molecule has 0 saturated heterocycles. The summed E-state index contributed by atoms with van der Waals surface area (Å²) >= 11 is 0. The lowest BCUT2D eigenvalue weighted by Crippen LogP contribution is -2.56. The highest BCUT2D eigenvalue weighted by Gasteiger charge is 2.61. The molecule has 0 aliphatic heterocycles. The summed E-state index contributed by atoms with van der Waals surface area (Å²) in [7, 11) is 0. The molecule has 4 saturated carbocycles. The van der Waals surface area contributed by atoms with Gasteiger partial charge in [0, 0.05) is 17.3 Å². The number of hydrogen-bond acceptors (Lipinski definition) is 1. The molecular formula is C19H29FO. The number of ketones is 1. The number of hydrogen-bond donors (Lipinski definition) is 0. The Hall–Kier alpha value is -0.400. The Morgan fingerprint density at radius 3 is 2.62 bits per heavy atom. The van der Waals surface area contributed by atoms with Gasteiger partial charge in [-0.15, -0.1) is 0 Å². The van der Waals surface area contributed by atoms with Gasteiger partial charge in [0.1, 0.15) is 12.0 Å². The van der Waals surface area contributed by atoms with Crippen molar-refractivity contribution in [2.24, 2.45) is 34.5 Å². The van der Waals surface area contributed by atoms with Gasteiger partial charge < -0.3 is 0 Å². The van der Waals surface area contributed by atoms with E-state index in [0.29, 0.717) is 29.5 Å². The quantitative estimate of drug-likeness (QED) is 0.618. The maximum Gasteiger partial charge on any atom is 0.139 e. The zero-order valence-corrected chi connectivity index (χ0v) is 13.5. The Balaban J connectivity index is 1.69. The number of carbonyl (C=O) groups is 1. The van der Waals surface area contributed by atoms with E-state index in [-0.39, 0.29) is 10.8 Å². The normalized spacial score (nSPS) is 56.5. The Bertz CT molecular complexity index is 460. The van der Waals surface area contributed by atoms with Crippen LogP contribution in [0.2, 0.25) is 0 Å². The van der Waals surface area contributed by atoms with Crippen LogP contribution in [0.5, 0.6) is 0 Å². The predicted molar refractivity (Wildman–Crippen MR) is 81.6 cm³/mol. The van der Waals surface area contributed by atoms with Gasteiger partial charge in [-0.05, 0) is 68.6 Å². The van der Waals surface area contributed by atoms with Crippen LogP contribution in [-0.4, -0.2) is 12.0 Å². The van der Waals surface area contributed by atoms with Gasteiger partial charge in [0.2, 0.25) is 0 Å². The van der Waals surface area contributed by atoms with Crippen LogP contribution < -0.4 is 0 Å². The largest absolute Gasteiger partial charge is 0.299 e. The number of fused-ring (bicyclic) bond motifs is 5. The van der Waals surface area contributed by atoms with Crippen LogP contribution in [0.1, 0.15) is 71.6 Å². The minimum atomic E-state index is -0.606. The number of halogens is 1. The Morgan fingerprint density at radius 1 is 1.00 bits per heavy atom. The summed E-state index contributed by atoms with van der Waals surface area (Å²) in [5.74, 6) is 2.81. The summed E-state index contributed by atoms with van der Waals surface area (Å²) in [6.07, 6.45) is 8.92. The monoisotopic (exact) mass is 292 g/mol. The molecule has 0 spiro atoms. The van der Waals surface area contributed by atoms with Crippen molar-refractivity contribution >= 4 is 5.78 Å². The maximum atomic E-state index is 14.9. The second kappa shape index (κ2) is 4.55. The molecule has 0 N–H and O–H groups in total. The van der Waals surface area contributed by atoms with Crippen LogP contribution in [0.15, 0.2) is 0 Å². The highest BCUT2D eigenvalue weighted by molar-refractivity contribution is 5.87. The second-order valence-electron chi connectivity index (χ2n) is 8.83. The lowest BCUT2D eigenvalue weighted by Gasteiger charge is -2.60. The molecule has 4 fully saturated rings. The zero-order chi connectivity index (χ0) is 14.8. The third-order valence-corrected chi connectivity index (χ3v) is 8.36. The molecule has 21 heavy (non-hydrogen) atoms. The molecule has 0 aromatic carbocycles. The highest BCUT2D eigenvalue weighted by atomic mass is 19.1. The van der Waals surface area contributed by atoms with E-state index in [9.17, 15) is 9.18 Å². The third kappa shape index (κ3) is 1.71. The first kappa shape index (κ1) is 14.2. The third-order valence-electron chi connectivity index (χ3n) is 8.36.